The van der Waals surface area contributed by atoms with Gasteiger partial charge in [0.25, 0.3) is 0 Å². The van der Waals surface area contributed by atoms with Crippen LogP contribution in [0, 0.1) is 0 Å². The van der Waals surface area contributed by atoms with Gasteiger partial charge in [-0.2, -0.15) is 0 Å². The summed E-state index contributed by atoms with van der Waals surface area (Å²) in [6, 6.07) is 8.28. The number of rotatable bonds is 8. The van der Waals surface area contributed by atoms with Gasteiger partial charge < -0.3 is 10.6 Å². The van der Waals surface area contributed by atoms with Crippen LogP contribution in [0.1, 0.15) is 31.4 Å². The van der Waals surface area contributed by atoms with E-state index in [1.54, 1.807) is 0 Å². The largest absolute Gasteiger partial charge is 0.357 e. The molecule has 0 aliphatic rings. The van der Waals surface area contributed by atoms with Crippen molar-refractivity contribution in [2.75, 3.05) is 25.1 Å². The van der Waals surface area contributed by atoms with Crippen molar-refractivity contribution < 1.29 is 8.42 Å². The molecule has 0 aliphatic carbocycles. The highest BCUT2D eigenvalue weighted by Crippen LogP contribution is 2.10. The van der Waals surface area contributed by atoms with Gasteiger partial charge in [0.2, 0.25) is 0 Å². The van der Waals surface area contributed by atoms with Crippen molar-refractivity contribution >= 4 is 39.8 Å². The molecule has 0 amide bonds. The molecule has 0 radical (unpaired) electrons. The van der Waals surface area contributed by atoms with Gasteiger partial charge in [-0.05, 0) is 30.9 Å². The number of sulfone groups is 1. The van der Waals surface area contributed by atoms with Crippen molar-refractivity contribution in [3.8, 4) is 0 Å². The number of halogens is 1. The van der Waals surface area contributed by atoms with E-state index < -0.39 is 9.84 Å². The van der Waals surface area contributed by atoms with E-state index in [0.717, 1.165) is 18.9 Å². The molecule has 5 nitrogen and oxygen atoms in total. The van der Waals surface area contributed by atoms with E-state index >= 15 is 0 Å². The minimum absolute atomic E-state index is 0. The van der Waals surface area contributed by atoms with Crippen LogP contribution in [-0.4, -0.2) is 39.5 Å². The fourth-order valence-electron chi connectivity index (χ4n) is 2.10. The van der Waals surface area contributed by atoms with Gasteiger partial charge in [0.05, 0.1) is 12.3 Å². The number of nitrogens with one attached hydrogen (secondary N) is 2. The highest BCUT2D eigenvalue weighted by atomic mass is 127. The number of aryl methyl sites for hydroxylation is 1. The number of nitrogens with zero attached hydrogens (tertiary/aromatic N) is 1. The van der Waals surface area contributed by atoms with E-state index in [0.29, 0.717) is 19.5 Å². The Bertz CT molecular complexity index is 589. The topological polar surface area (TPSA) is 70.6 Å². The molecule has 23 heavy (non-hydrogen) atoms. The van der Waals surface area contributed by atoms with Crippen LogP contribution in [0.15, 0.2) is 29.3 Å². The fraction of sp³-hybridized carbons (Fsp3) is 0.562. The molecular formula is C16H28IN3O2S. The van der Waals surface area contributed by atoms with E-state index in [-0.39, 0.29) is 29.7 Å². The highest BCUT2D eigenvalue weighted by molar-refractivity contribution is 14.0. The second-order valence-electron chi connectivity index (χ2n) is 5.23. The van der Waals surface area contributed by atoms with E-state index in [1.165, 1.54) is 17.4 Å². The van der Waals surface area contributed by atoms with E-state index in [2.05, 4.69) is 34.7 Å². The Labute approximate surface area is 157 Å². The molecule has 0 fully saturated rings. The van der Waals surface area contributed by atoms with E-state index in [9.17, 15) is 8.42 Å². The van der Waals surface area contributed by atoms with Crippen LogP contribution in [-0.2, 0) is 22.8 Å². The highest BCUT2D eigenvalue weighted by Gasteiger charge is 2.03. The van der Waals surface area contributed by atoms with Crippen LogP contribution in [0.3, 0.4) is 0 Å². The zero-order valence-corrected chi connectivity index (χ0v) is 17.3. The van der Waals surface area contributed by atoms with Crippen molar-refractivity contribution in [3.63, 3.8) is 0 Å². The van der Waals surface area contributed by atoms with Gasteiger partial charge in [-0.1, -0.05) is 31.2 Å². The van der Waals surface area contributed by atoms with Crippen molar-refractivity contribution in [1.82, 2.24) is 10.6 Å². The minimum atomic E-state index is -2.90. The van der Waals surface area contributed by atoms with E-state index in [1.807, 2.05) is 19.1 Å². The first-order valence-corrected chi connectivity index (χ1v) is 9.79. The Morgan fingerprint density at radius 1 is 1.13 bits per heavy atom. The predicted octanol–water partition coefficient (Wildman–Crippen LogP) is 2.36. The summed E-state index contributed by atoms with van der Waals surface area (Å²) in [5.74, 6) is 0.917. The number of hydrogen-bond donors (Lipinski definition) is 2. The van der Waals surface area contributed by atoms with Crippen molar-refractivity contribution in [3.05, 3.63) is 35.4 Å². The lowest BCUT2D eigenvalue weighted by Crippen LogP contribution is -2.38. The van der Waals surface area contributed by atoms with Crippen molar-refractivity contribution in [2.45, 2.75) is 33.2 Å². The summed E-state index contributed by atoms with van der Waals surface area (Å²) >= 11 is 0. The summed E-state index contributed by atoms with van der Waals surface area (Å²) in [6.45, 7) is 6.12. The second kappa shape index (κ2) is 11.7. The average molecular weight is 453 g/mol. The molecule has 1 aromatic rings. The lowest BCUT2D eigenvalue weighted by Gasteiger charge is -2.12. The van der Waals surface area contributed by atoms with Crippen LogP contribution >= 0.6 is 24.0 Å². The molecule has 0 bridgehead atoms. The number of aliphatic imine (C=N–C) groups is 1. The number of hydrogen-bond acceptors (Lipinski definition) is 3. The number of benzene rings is 1. The zero-order valence-electron chi connectivity index (χ0n) is 14.1. The standard InChI is InChI=1S/C16H27N3O2S.HI/c1-4-14-9-6-7-10-15(14)13-19-16(17-5-2)18-11-8-12-22(3,20)21;/h6-7,9-10H,4-5,8,11-13H2,1-3H3,(H2,17,18,19);1H. The molecule has 7 heteroatoms. The maximum absolute atomic E-state index is 11.1. The smallest absolute Gasteiger partial charge is 0.191 e. The Hall–Kier alpha value is -0.830. The van der Waals surface area contributed by atoms with Crippen LogP contribution in [0.5, 0.6) is 0 Å². The van der Waals surface area contributed by atoms with Crippen LogP contribution < -0.4 is 10.6 Å². The molecule has 0 atom stereocenters. The molecule has 0 saturated carbocycles. The molecule has 132 valence electrons. The Balaban J connectivity index is 0.00000484. The van der Waals surface area contributed by atoms with Gasteiger partial charge in [-0.3, -0.25) is 0 Å². The molecule has 0 heterocycles. The normalized spacial score (nSPS) is 11.7. The third-order valence-electron chi connectivity index (χ3n) is 3.24. The first-order chi connectivity index (χ1) is 10.5. The molecule has 1 rings (SSSR count). The molecule has 2 N–H and O–H groups in total. The van der Waals surface area contributed by atoms with Gasteiger partial charge in [0.1, 0.15) is 9.84 Å². The maximum Gasteiger partial charge on any atom is 0.191 e. The summed E-state index contributed by atoms with van der Waals surface area (Å²) in [4.78, 5) is 4.57. The molecule has 0 unspecified atom stereocenters. The second-order valence-corrected chi connectivity index (χ2v) is 7.49. The third-order valence-corrected chi connectivity index (χ3v) is 4.27. The lowest BCUT2D eigenvalue weighted by molar-refractivity contribution is 0.598. The SMILES string of the molecule is CCNC(=NCc1ccccc1CC)NCCCS(C)(=O)=O.I. The molecular weight excluding hydrogens is 425 g/mol. The van der Waals surface area contributed by atoms with Gasteiger partial charge in [0, 0.05) is 19.3 Å². The lowest BCUT2D eigenvalue weighted by atomic mass is 10.1. The van der Waals surface area contributed by atoms with Gasteiger partial charge in [-0.15, -0.1) is 24.0 Å². The fourth-order valence-corrected chi connectivity index (χ4v) is 2.77. The first kappa shape index (κ1) is 22.2. The van der Waals surface area contributed by atoms with Gasteiger partial charge >= 0.3 is 0 Å². The van der Waals surface area contributed by atoms with Crippen LogP contribution in [0.4, 0.5) is 0 Å². The maximum atomic E-state index is 11.1. The Morgan fingerprint density at radius 3 is 2.35 bits per heavy atom. The van der Waals surface area contributed by atoms with E-state index in [4.69, 9.17) is 0 Å². The predicted molar refractivity (Wildman–Crippen MR) is 108 cm³/mol. The molecule has 0 saturated heterocycles. The molecule has 1 aromatic carbocycles. The zero-order chi connectivity index (χ0) is 16.4. The summed E-state index contributed by atoms with van der Waals surface area (Å²) < 4.78 is 22.2. The molecule has 0 aliphatic heterocycles. The van der Waals surface area contributed by atoms with Gasteiger partial charge in [-0.25, -0.2) is 13.4 Å². The minimum Gasteiger partial charge on any atom is -0.357 e. The Kier molecular flexibility index (Phi) is 11.2. The van der Waals surface area contributed by atoms with Crippen LogP contribution in [0.2, 0.25) is 0 Å². The molecule has 0 spiro atoms. The molecule has 0 aromatic heterocycles. The monoisotopic (exact) mass is 453 g/mol. The quantitative estimate of drug-likeness (QED) is 0.275. The van der Waals surface area contributed by atoms with Gasteiger partial charge in [0.15, 0.2) is 5.96 Å². The first-order valence-electron chi connectivity index (χ1n) is 7.73. The van der Waals surface area contributed by atoms with Crippen LogP contribution in [0.25, 0.3) is 0 Å². The summed E-state index contributed by atoms with van der Waals surface area (Å²) in [6.07, 6.45) is 2.83. The van der Waals surface area contributed by atoms with Crippen molar-refractivity contribution in [2.24, 2.45) is 4.99 Å². The summed E-state index contributed by atoms with van der Waals surface area (Å²) in [7, 11) is -2.90. The summed E-state index contributed by atoms with van der Waals surface area (Å²) in [5.41, 5.74) is 2.53. The van der Waals surface area contributed by atoms with Crippen molar-refractivity contribution in [1.29, 1.82) is 0 Å². The number of guanidine groups is 1. The third kappa shape index (κ3) is 9.80. The average Bonchev–Trinajstić information content (AvgIpc) is 2.48. The Morgan fingerprint density at radius 2 is 1.78 bits per heavy atom. The summed E-state index contributed by atoms with van der Waals surface area (Å²) in [5, 5.41) is 6.35.